The Morgan fingerprint density at radius 2 is 1.86 bits per heavy atom. The average molecular weight is 388 g/mol. The quantitative estimate of drug-likeness (QED) is 0.449. The maximum absolute atomic E-state index is 13.8. The molecule has 4 nitrogen and oxygen atoms in total. The maximum atomic E-state index is 13.8. The largest absolute Gasteiger partial charge is 0.353 e. The van der Waals surface area contributed by atoms with E-state index in [1.807, 2.05) is 30.5 Å². The van der Waals surface area contributed by atoms with Gasteiger partial charge in [-0.3, -0.25) is 4.98 Å². The fraction of sp³-hybridized carbons (Fsp3) is 0.333. The first-order valence-corrected chi connectivity index (χ1v) is 10.4. The van der Waals surface area contributed by atoms with Crippen LogP contribution < -0.4 is 5.32 Å². The minimum atomic E-state index is -0.191. The molecule has 2 aromatic heterocycles. The van der Waals surface area contributed by atoms with Crippen LogP contribution in [0.5, 0.6) is 0 Å². The summed E-state index contributed by atoms with van der Waals surface area (Å²) in [5.74, 6) is 1.72. The molecule has 1 fully saturated rings. The Labute approximate surface area is 169 Å². The number of halogens is 1. The van der Waals surface area contributed by atoms with Crippen LogP contribution in [0, 0.1) is 11.7 Å². The number of pyridine rings is 1. The van der Waals surface area contributed by atoms with Crippen molar-refractivity contribution in [1.82, 2.24) is 15.0 Å². The predicted molar refractivity (Wildman–Crippen MR) is 116 cm³/mol. The monoisotopic (exact) mass is 388 g/mol. The van der Waals surface area contributed by atoms with Gasteiger partial charge in [-0.15, -0.1) is 0 Å². The van der Waals surface area contributed by atoms with Crippen LogP contribution in [0.2, 0.25) is 0 Å². The third kappa shape index (κ3) is 3.57. The number of hydrogen-bond donors (Lipinski definition) is 2. The van der Waals surface area contributed by atoms with Crippen LogP contribution in [0.25, 0.3) is 21.9 Å². The molecule has 0 unspecified atom stereocenters. The van der Waals surface area contributed by atoms with Crippen molar-refractivity contribution < 1.29 is 4.39 Å². The average Bonchev–Trinajstić information content (AvgIpc) is 3.15. The summed E-state index contributed by atoms with van der Waals surface area (Å²) >= 11 is 0. The van der Waals surface area contributed by atoms with Crippen LogP contribution in [-0.4, -0.2) is 21.0 Å². The van der Waals surface area contributed by atoms with Gasteiger partial charge in [-0.05, 0) is 86.4 Å². The van der Waals surface area contributed by atoms with Gasteiger partial charge in [-0.2, -0.15) is 0 Å². The second kappa shape index (κ2) is 7.47. The molecular formula is C24H25FN4. The molecule has 1 aliphatic carbocycles. The Morgan fingerprint density at radius 1 is 1.03 bits per heavy atom. The van der Waals surface area contributed by atoms with E-state index in [2.05, 4.69) is 33.3 Å². The minimum Gasteiger partial charge on any atom is -0.353 e. The zero-order valence-electron chi connectivity index (χ0n) is 16.5. The van der Waals surface area contributed by atoms with E-state index in [0.717, 1.165) is 53.6 Å². The molecule has 0 aliphatic heterocycles. The van der Waals surface area contributed by atoms with Crippen molar-refractivity contribution >= 4 is 27.9 Å². The van der Waals surface area contributed by atoms with Crippen LogP contribution in [0.15, 0.2) is 54.7 Å². The first kappa shape index (κ1) is 18.1. The number of nitrogens with zero attached hydrogens (tertiary/aromatic N) is 2. The third-order valence-electron chi connectivity index (χ3n) is 6.41. The van der Waals surface area contributed by atoms with Crippen molar-refractivity contribution in [3.63, 3.8) is 0 Å². The molecule has 2 aromatic carbocycles. The number of benzene rings is 2. The summed E-state index contributed by atoms with van der Waals surface area (Å²) in [5.41, 5.74) is 4.17. The smallest absolute Gasteiger partial charge is 0.201 e. The van der Waals surface area contributed by atoms with Crippen molar-refractivity contribution in [2.24, 2.45) is 5.92 Å². The third-order valence-corrected chi connectivity index (χ3v) is 6.41. The second-order valence-electron chi connectivity index (χ2n) is 8.21. The fourth-order valence-electron chi connectivity index (χ4n) is 4.78. The SMILES string of the molecule is C[C@@H](Nc1nc2ccccc2[nH]1)[C@H]1CC[C@@H](c2ccnc3ccc(F)cc32)CC1. The zero-order chi connectivity index (χ0) is 19.8. The lowest BCUT2D eigenvalue weighted by molar-refractivity contribution is 0.301. The van der Waals surface area contributed by atoms with Gasteiger partial charge in [0.1, 0.15) is 5.82 Å². The fourth-order valence-corrected chi connectivity index (χ4v) is 4.78. The van der Waals surface area contributed by atoms with Crippen molar-refractivity contribution in [2.45, 2.75) is 44.6 Å². The van der Waals surface area contributed by atoms with E-state index in [4.69, 9.17) is 0 Å². The topological polar surface area (TPSA) is 53.6 Å². The van der Waals surface area contributed by atoms with Gasteiger partial charge in [-0.1, -0.05) is 12.1 Å². The molecule has 148 valence electrons. The Kier molecular flexibility index (Phi) is 4.66. The van der Waals surface area contributed by atoms with E-state index in [1.54, 1.807) is 12.1 Å². The summed E-state index contributed by atoms with van der Waals surface area (Å²) in [6.07, 6.45) is 6.39. The highest BCUT2D eigenvalue weighted by Crippen LogP contribution is 2.39. The van der Waals surface area contributed by atoms with E-state index in [0.29, 0.717) is 17.9 Å². The number of imidazole rings is 1. The van der Waals surface area contributed by atoms with E-state index >= 15 is 0 Å². The van der Waals surface area contributed by atoms with Gasteiger partial charge in [0.15, 0.2) is 0 Å². The Bertz CT molecular complexity index is 1110. The predicted octanol–water partition coefficient (Wildman–Crippen LogP) is 6.02. The summed E-state index contributed by atoms with van der Waals surface area (Å²) in [6.45, 7) is 2.25. The second-order valence-corrected chi connectivity index (χ2v) is 8.21. The van der Waals surface area contributed by atoms with E-state index < -0.39 is 0 Å². The summed E-state index contributed by atoms with van der Waals surface area (Å²) in [4.78, 5) is 12.4. The summed E-state index contributed by atoms with van der Waals surface area (Å²) in [5, 5.41) is 4.53. The molecule has 0 saturated heterocycles. The Balaban J connectivity index is 1.27. The number of H-pyrrole nitrogens is 1. The van der Waals surface area contributed by atoms with Gasteiger partial charge in [0.25, 0.3) is 0 Å². The molecule has 0 amide bonds. The summed E-state index contributed by atoms with van der Waals surface area (Å²) in [7, 11) is 0. The van der Waals surface area contributed by atoms with Crippen LogP contribution in [-0.2, 0) is 0 Å². The number of aromatic amines is 1. The van der Waals surface area contributed by atoms with E-state index in [1.165, 1.54) is 11.6 Å². The van der Waals surface area contributed by atoms with Crippen molar-refractivity contribution in [1.29, 1.82) is 0 Å². The molecular weight excluding hydrogens is 363 g/mol. The van der Waals surface area contributed by atoms with Gasteiger partial charge in [-0.25, -0.2) is 9.37 Å². The van der Waals surface area contributed by atoms with E-state index in [9.17, 15) is 4.39 Å². The van der Waals surface area contributed by atoms with Crippen molar-refractivity contribution in [3.8, 4) is 0 Å². The highest BCUT2D eigenvalue weighted by molar-refractivity contribution is 5.82. The summed E-state index contributed by atoms with van der Waals surface area (Å²) in [6, 6.07) is 15.4. The Morgan fingerprint density at radius 3 is 2.69 bits per heavy atom. The van der Waals surface area contributed by atoms with Gasteiger partial charge >= 0.3 is 0 Å². The highest BCUT2D eigenvalue weighted by Gasteiger charge is 2.27. The normalized spacial score (nSPS) is 20.8. The number of nitrogens with one attached hydrogen (secondary N) is 2. The number of para-hydroxylation sites is 2. The van der Waals surface area contributed by atoms with Gasteiger partial charge in [0.05, 0.1) is 16.6 Å². The Hall–Kier alpha value is -2.95. The first-order valence-electron chi connectivity index (χ1n) is 10.4. The molecule has 2 heterocycles. The molecule has 4 aromatic rings. The lowest BCUT2D eigenvalue weighted by Gasteiger charge is -2.33. The van der Waals surface area contributed by atoms with Gasteiger partial charge in [0.2, 0.25) is 5.95 Å². The highest BCUT2D eigenvalue weighted by atomic mass is 19.1. The molecule has 5 rings (SSSR count). The molecule has 0 spiro atoms. The van der Waals surface area contributed by atoms with Crippen molar-refractivity contribution in [2.75, 3.05) is 5.32 Å². The lowest BCUT2D eigenvalue weighted by Crippen LogP contribution is -2.29. The number of rotatable bonds is 4. The van der Waals surface area contributed by atoms with E-state index in [-0.39, 0.29) is 5.82 Å². The molecule has 1 atom stereocenters. The number of anilines is 1. The maximum Gasteiger partial charge on any atom is 0.201 e. The lowest BCUT2D eigenvalue weighted by atomic mass is 9.75. The van der Waals surface area contributed by atoms with Crippen LogP contribution in [0.3, 0.4) is 0 Å². The zero-order valence-corrected chi connectivity index (χ0v) is 16.5. The van der Waals surface area contributed by atoms with Crippen LogP contribution in [0.4, 0.5) is 10.3 Å². The standard InChI is InChI=1S/C24H25FN4/c1-15(27-24-28-22-4-2-3-5-23(22)29-24)16-6-8-17(9-7-16)19-12-13-26-21-11-10-18(25)14-20(19)21/h2-5,10-17H,6-9H2,1H3,(H2,27,28,29)/t15-,16-,17+/m1/s1. The number of hydrogen-bond acceptors (Lipinski definition) is 3. The molecule has 0 bridgehead atoms. The number of aromatic nitrogens is 3. The molecule has 1 aliphatic rings. The van der Waals surface area contributed by atoms with Gasteiger partial charge < -0.3 is 10.3 Å². The summed E-state index contributed by atoms with van der Waals surface area (Å²) < 4.78 is 13.8. The van der Waals surface area contributed by atoms with Crippen LogP contribution >= 0.6 is 0 Å². The molecule has 5 heteroatoms. The molecule has 1 saturated carbocycles. The number of fused-ring (bicyclic) bond motifs is 2. The molecule has 2 N–H and O–H groups in total. The van der Waals surface area contributed by atoms with Crippen molar-refractivity contribution in [3.05, 3.63) is 66.1 Å². The molecule has 29 heavy (non-hydrogen) atoms. The van der Waals surface area contributed by atoms with Gasteiger partial charge in [0, 0.05) is 17.6 Å². The minimum absolute atomic E-state index is 0.191. The first-order chi connectivity index (χ1) is 14.2. The molecule has 0 radical (unpaired) electrons. The van der Waals surface area contributed by atoms with Crippen LogP contribution in [0.1, 0.15) is 44.1 Å².